The predicted octanol–water partition coefficient (Wildman–Crippen LogP) is 5.14. The molecule has 23 heavy (non-hydrogen) atoms. The first kappa shape index (κ1) is 25.1. The molecule has 0 radical (unpaired) electrons. The van der Waals surface area contributed by atoms with Crippen molar-refractivity contribution in [2.24, 2.45) is 11.5 Å². The summed E-state index contributed by atoms with van der Waals surface area (Å²) >= 11 is 2.73. The van der Waals surface area contributed by atoms with Gasteiger partial charge in [-0.2, -0.15) is 0 Å². The Kier molecular flexibility index (Phi) is 11.6. The van der Waals surface area contributed by atoms with Crippen LogP contribution in [-0.2, 0) is 0 Å². The van der Waals surface area contributed by atoms with E-state index in [2.05, 4.69) is 40.7 Å². The maximum Gasteiger partial charge on any atom is 0.151 e. The van der Waals surface area contributed by atoms with Crippen LogP contribution in [0.4, 0.5) is 0 Å². The molecule has 0 fully saturated rings. The van der Waals surface area contributed by atoms with E-state index in [0.29, 0.717) is 0 Å². The van der Waals surface area contributed by atoms with Crippen LogP contribution in [0.5, 0.6) is 0 Å². The number of amidine groups is 2. The van der Waals surface area contributed by atoms with E-state index < -0.39 is 0 Å². The van der Waals surface area contributed by atoms with Gasteiger partial charge in [0.1, 0.15) is 0 Å². The van der Waals surface area contributed by atoms with Gasteiger partial charge in [-0.05, 0) is 62.4 Å². The van der Waals surface area contributed by atoms with Gasteiger partial charge in [0.25, 0.3) is 0 Å². The average molecular weight is 486 g/mol. The van der Waals surface area contributed by atoms with Crippen molar-refractivity contribution in [2.45, 2.75) is 45.1 Å². The maximum atomic E-state index is 7.48. The monoisotopic (exact) mass is 484 g/mol. The highest BCUT2D eigenvalue weighted by Crippen LogP contribution is 2.40. The van der Waals surface area contributed by atoms with Crippen molar-refractivity contribution in [1.82, 2.24) is 0 Å². The molecule has 1 rings (SSSR count). The van der Waals surface area contributed by atoms with Crippen molar-refractivity contribution in [3.63, 3.8) is 0 Å². The molecule has 132 valence electrons. The summed E-state index contributed by atoms with van der Waals surface area (Å²) in [6.45, 7) is 10.4. The number of thioether (sulfide) groups is 2. The van der Waals surface area contributed by atoms with Crippen molar-refractivity contribution in [3.8, 4) is 0 Å². The Labute approximate surface area is 168 Å². The molecule has 0 aliphatic carbocycles. The van der Waals surface area contributed by atoms with Crippen molar-refractivity contribution in [1.29, 1.82) is 10.8 Å². The molecule has 6 N–H and O–H groups in total. The van der Waals surface area contributed by atoms with Crippen LogP contribution in [0.25, 0.3) is 0 Å². The Morgan fingerprint density at radius 2 is 1.17 bits per heavy atom. The molecule has 1 aromatic carbocycles. The summed E-state index contributed by atoms with van der Waals surface area (Å²) in [5, 5.41) is 15.5. The number of halogens is 2. The highest BCUT2D eigenvalue weighted by Gasteiger charge is 2.21. The number of nitrogens with one attached hydrogen (secondary N) is 2. The zero-order valence-electron chi connectivity index (χ0n) is 14.0. The van der Waals surface area contributed by atoms with E-state index in [4.69, 9.17) is 22.3 Å². The quantitative estimate of drug-likeness (QED) is 0.350. The first-order valence-electron chi connectivity index (χ1n) is 6.77. The lowest BCUT2D eigenvalue weighted by molar-refractivity contribution is 0.986. The van der Waals surface area contributed by atoms with Gasteiger partial charge < -0.3 is 11.5 Å². The van der Waals surface area contributed by atoms with E-state index in [1.54, 1.807) is 0 Å². The van der Waals surface area contributed by atoms with Gasteiger partial charge in [-0.1, -0.05) is 29.6 Å². The average Bonchev–Trinajstić information content (AvgIpc) is 2.24. The second-order valence-electron chi connectivity index (χ2n) is 5.21. The minimum atomic E-state index is 0. The Morgan fingerprint density at radius 1 is 0.870 bits per heavy atom. The van der Waals surface area contributed by atoms with Gasteiger partial charge in [-0.15, -0.1) is 34.0 Å². The number of nitrogens with two attached hydrogens (primary N) is 2. The zero-order valence-corrected chi connectivity index (χ0v) is 19.1. The normalized spacial score (nSPS) is 12.6. The SMILES string of the molecule is Br.Br.Cc1cc(C)c(C(C)SC(=N)N)c(C)c1C(C)SC(=N)N. The van der Waals surface area contributed by atoms with Crippen LogP contribution < -0.4 is 11.5 Å². The van der Waals surface area contributed by atoms with Crippen molar-refractivity contribution in [3.05, 3.63) is 33.9 Å². The molecule has 1 aromatic rings. The maximum absolute atomic E-state index is 7.48. The summed E-state index contributed by atoms with van der Waals surface area (Å²) in [7, 11) is 0. The largest absolute Gasteiger partial charge is 0.379 e. The third-order valence-corrected chi connectivity index (χ3v) is 5.20. The van der Waals surface area contributed by atoms with Crippen LogP contribution in [0.1, 0.15) is 52.2 Å². The summed E-state index contributed by atoms with van der Waals surface area (Å²) in [6.07, 6.45) is 0. The van der Waals surface area contributed by atoms with Crippen LogP contribution >= 0.6 is 57.5 Å². The second-order valence-corrected chi connectivity index (χ2v) is 7.98. The van der Waals surface area contributed by atoms with Gasteiger partial charge in [0.05, 0.1) is 0 Å². The summed E-state index contributed by atoms with van der Waals surface area (Å²) in [5.41, 5.74) is 17.2. The fourth-order valence-electron chi connectivity index (χ4n) is 2.97. The Balaban J connectivity index is 0. The third-order valence-electron chi connectivity index (χ3n) is 3.51. The van der Waals surface area contributed by atoms with Crippen molar-refractivity contribution in [2.75, 3.05) is 0 Å². The molecule has 0 bridgehead atoms. The lowest BCUT2D eigenvalue weighted by Crippen LogP contribution is -2.11. The predicted molar refractivity (Wildman–Crippen MR) is 117 cm³/mol. The van der Waals surface area contributed by atoms with Crippen molar-refractivity contribution >= 4 is 67.8 Å². The molecule has 8 heteroatoms. The molecule has 0 aliphatic rings. The fraction of sp³-hybridized carbons (Fsp3) is 0.467. The molecule has 0 spiro atoms. The van der Waals surface area contributed by atoms with E-state index in [1.165, 1.54) is 51.3 Å². The number of hydrogen-bond acceptors (Lipinski definition) is 4. The minimum absolute atomic E-state index is 0. The summed E-state index contributed by atoms with van der Waals surface area (Å²) in [5.74, 6) is 0. The van der Waals surface area contributed by atoms with Crippen LogP contribution in [-0.4, -0.2) is 10.3 Å². The van der Waals surface area contributed by atoms with E-state index >= 15 is 0 Å². The lowest BCUT2D eigenvalue weighted by atomic mass is 9.90. The van der Waals surface area contributed by atoms with E-state index in [9.17, 15) is 0 Å². The van der Waals surface area contributed by atoms with E-state index in [-0.39, 0.29) is 54.8 Å². The van der Waals surface area contributed by atoms with Gasteiger partial charge in [-0.3, -0.25) is 10.8 Å². The fourth-order valence-corrected chi connectivity index (χ4v) is 4.69. The highest BCUT2D eigenvalue weighted by atomic mass is 79.9. The highest BCUT2D eigenvalue weighted by molar-refractivity contribution is 8.93. The van der Waals surface area contributed by atoms with Gasteiger partial charge in [0, 0.05) is 10.5 Å². The molecule has 0 heterocycles. The Bertz CT molecular complexity index is 533. The molecule has 0 aromatic heterocycles. The summed E-state index contributed by atoms with van der Waals surface area (Å²) in [4.78, 5) is 0. The molecule has 0 amide bonds. The molecule has 0 saturated heterocycles. The summed E-state index contributed by atoms with van der Waals surface area (Å²) in [6, 6.07) is 2.17. The standard InChI is InChI=1S/C15H24N4S2.2BrH/c1-7-6-8(2)13(11(5)21-15(18)19)9(3)12(7)10(4)20-14(16)17;;/h6,10-11H,1-5H3,(H3,16,17)(H3,18,19);2*1H. The Hall–Kier alpha value is -0.180. The molecule has 0 aliphatic heterocycles. The van der Waals surface area contributed by atoms with Gasteiger partial charge in [0.15, 0.2) is 10.3 Å². The zero-order chi connectivity index (χ0) is 16.3. The topological polar surface area (TPSA) is 99.7 Å². The molecular weight excluding hydrogens is 460 g/mol. The molecule has 4 nitrogen and oxygen atoms in total. The van der Waals surface area contributed by atoms with Crippen molar-refractivity contribution < 1.29 is 0 Å². The molecule has 0 saturated carbocycles. The van der Waals surface area contributed by atoms with E-state index in [0.717, 1.165) is 0 Å². The van der Waals surface area contributed by atoms with Gasteiger partial charge in [-0.25, -0.2) is 0 Å². The lowest BCUT2D eigenvalue weighted by Gasteiger charge is -2.24. The first-order valence-corrected chi connectivity index (χ1v) is 8.53. The number of hydrogen-bond donors (Lipinski definition) is 4. The number of rotatable bonds is 4. The van der Waals surface area contributed by atoms with Crippen LogP contribution in [0.15, 0.2) is 6.07 Å². The van der Waals surface area contributed by atoms with E-state index in [1.807, 2.05) is 0 Å². The molecular formula is C15H26Br2N4S2. The van der Waals surface area contributed by atoms with Crippen LogP contribution in [0.2, 0.25) is 0 Å². The van der Waals surface area contributed by atoms with Crippen LogP contribution in [0, 0.1) is 31.6 Å². The minimum Gasteiger partial charge on any atom is -0.379 e. The third kappa shape index (κ3) is 6.68. The molecule has 2 atom stereocenters. The number of aryl methyl sites for hydroxylation is 2. The summed E-state index contributed by atoms with van der Waals surface area (Å²) < 4.78 is 0. The van der Waals surface area contributed by atoms with Gasteiger partial charge in [0.2, 0.25) is 0 Å². The van der Waals surface area contributed by atoms with Crippen LogP contribution in [0.3, 0.4) is 0 Å². The number of benzene rings is 1. The Morgan fingerprint density at radius 3 is 1.43 bits per heavy atom. The molecule has 2 unspecified atom stereocenters. The van der Waals surface area contributed by atoms with Gasteiger partial charge >= 0.3 is 0 Å². The second kappa shape index (κ2) is 10.6. The first-order chi connectivity index (χ1) is 9.65. The smallest absolute Gasteiger partial charge is 0.151 e.